The number of rotatable bonds is 6. The van der Waals surface area contributed by atoms with Crippen LogP contribution in [0.2, 0.25) is 0 Å². The Morgan fingerprint density at radius 1 is 1.15 bits per heavy atom. The van der Waals surface area contributed by atoms with Gasteiger partial charge in [-0.05, 0) is 36.8 Å². The minimum atomic E-state index is -0.691. The van der Waals surface area contributed by atoms with Gasteiger partial charge in [0, 0.05) is 31.6 Å². The molecule has 0 saturated carbocycles. The van der Waals surface area contributed by atoms with E-state index in [4.69, 9.17) is 9.15 Å². The number of benzene rings is 2. The van der Waals surface area contributed by atoms with Crippen LogP contribution in [0, 0.1) is 5.82 Å². The molecule has 0 aliphatic carbocycles. The fraction of sp³-hybridized carbons (Fsp3) is 0.292. The molecule has 33 heavy (non-hydrogen) atoms. The van der Waals surface area contributed by atoms with Gasteiger partial charge < -0.3 is 9.15 Å². The van der Waals surface area contributed by atoms with Crippen molar-refractivity contribution >= 4 is 43.6 Å². The molecule has 0 N–H and O–H groups in total. The van der Waals surface area contributed by atoms with Gasteiger partial charge in [-0.25, -0.2) is 14.2 Å². The molecule has 1 aliphatic heterocycles. The van der Waals surface area contributed by atoms with Crippen LogP contribution >= 0.6 is 11.3 Å². The van der Waals surface area contributed by atoms with Crippen molar-refractivity contribution in [2.75, 3.05) is 44.3 Å². The monoisotopic (exact) mass is 467 g/mol. The zero-order valence-electron chi connectivity index (χ0n) is 17.8. The lowest BCUT2D eigenvalue weighted by Gasteiger charge is -2.27. The van der Waals surface area contributed by atoms with E-state index in [1.807, 2.05) is 6.07 Å². The van der Waals surface area contributed by atoms with Gasteiger partial charge in [-0.1, -0.05) is 29.5 Å². The van der Waals surface area contributed by atoms with Gasteiger partial charge in [-0.15, -0.1) is 0 Å². The molecule has 2 aromatic carbocycles. The number of ether oxygens (including phenoxy) is 1. The highest BCUT2D eigenvalue weighted by Crippen LogP contribution is 2.30. The number of hydrogen-bond donors (Lipinski definition) is 0. The topological polar surface area (TPSA) is 75.9 Å². The van der Waals surface area contributed by atoms with E-state index in [0.29, 0.717) is 52.5 Å². The molecule has 0 radical (unpaired) electrons. The van der Waals surface area contributed by atoms with Gasteiger partial charge in [0.25, 0.3) is 5.91 Å². The number of anilines is 1. The predicted octanol–water partition coefficient (Wildman–Crippen LogP) is 3.91. The molecule has 1 amide bonds. The number of fused-ring (bicyclic) bond motifs is 2. The molecular weight excluding hydrogens is 445 g/mol. The number of morpholine rings is 1. The van der Waals surface area contributed by atoms with Crippen molar-refractivity contribution < 1.29 is 18.3 Å². The summed E-state index contributed by atoms with van der Waals surface area (Å²) in [6.45, 7) is 4.25. The Balaban J connectivity index is 1.47. The van der Waals surface area contributed by atoms with E-state index < -0.39 is 11.5 Å². The summed E-state index contributed by atoms with van der Waals surface area (Å²) in [7, 11) is 0. The van der Waals surface area contributed by atoms with E-state index in [1.54, 1.807) is 30.3 Å². The molecule has 0 bridgehead atoms. The molecule has 0 unspecified atom stereocenters. The Morgan fingerprint density at radius 3 is 2.82 bits per heavy atom. The van der Waals surface area contributed by atoms with Crippen LogP contribution < -0.4 is 10.5 Å². The lowest BCUT2D eigenvalue weighted by Crippen LogP contribution is -2.40. The quantitative estimate of drug-likeness (QED) is 0.400. The molecule has 4 aromatic rings. The van der Waals surface area contributed by atoms with E-state index in [1.165, 1.54) is 28.4 Å². The normalized spacial score (nSPS) is 14.7. The van der Waals surface area contributed by atoms with E-state index in [-0.39, 0.29) is 11.4 Å². The summed E-state index contributed by atoms with van der Waals surface area (Å²) in [5.41, 5.74) is 0.288. The molecule has 3 heterocycles. The van der Waals surface area contributed by atoms with Gasteiger partial charge in [-0.2, -0.15) is 0 Å². The first-order valence-corrected chi connectivity index (χ1v) is 11.6. The number of thiazole rings is 1. The molecule has 1 fully saturated rings. The smallest absolute Gasteiger partial charge is 0.349 e. The van der Waals surface area contributed by atoms with Crippen LogP contribution in [0.4, 0.5) is 9.52 Å². The van der Waals surface area contributed by atoms with Gasteiger partial charge in [0.05, 0.1) is 23.4 Å². The molecule has 170 valence electrons. The van der Waals surface area contributed by atoms with Crippen LogP contribution in [0.5, 0.6) is 0 Å². The average Bonchev–Trinajstić information content (AvgIpc) is 3.24. The fourth-order valence-electron chi connectivity index (χ4n) is 3.92. The SMILES string of the molecule is O=C(c1cc2ccccc2oc1=O)N(CCCN1CCOCC1)c1nc2ccc(F)cc2s1. The lowest BCUT2D eigenvalue weighted by atomic mass is 10.1. The van der Waals surface area contributed by atoms with Gasteiger partial charge >= 0.3 is 5.63 Å². The standard InChI is InChI=1S/C24H22FN3O4S/c25-17-6-7-19-21(15-17)33-24(26-19)28(9-3-8-27-10-12-31-13-11-27)22(29)18-14-16-4-1-2-5-20(16)32-23(18)30/h1-2,4-7,14-15H,3,8-13H2. The summed E-state index contributed by atoms with van der Waals surface area (Å²) in [4.78, 5) is 34.5. The lowest BCUT2D eigenvalue weighted by molar-refractivity contribution is 0.0376. The number of nitrogens with zero attached hydrogens (tertiary/aromatic N) is 3. The van der Waals surface area contributed by atoms with Crippen molar-refractivity contribution in [1.29, 1.82) is 0 Å². The highest BCUT2D eigenvalue weighted by molar-refractivity contribution is 7.22. The Morgan fingerprint density at radius 2 is 1.97 bits per heavy atom. The van der Waals surface area contributed by atoms with Crippen molar-refractivity contribution in [2.24, 2.45) is 0 Å². The zero-order chi connectivity index (χ0) is 22.8. The maximum atomic E-state index is 13.7. The average molecular weight is 468 g/mol. The van der Waals surface area contributed by atoms with Crippen molar-refractivity contribution in [3.05, 3.63) is 70.3 Å². The van der Waals surface area contributed by atoms with E-state index in [0.717, 1.165) is 19.6 Å². The first-order chi connectivity index (χ1) is 16.1. The Kier molecular flexibility index (Phi) is 6.17. The summed E-state index contributed by atoms with van der Waals surface area (Å²) in [6.07, 6.45) is 0.689. The number of hydrogen-bond acceptors (Lipinski definition) is 7. The van der Waals surface area contributed by atoms with Crippen molar-refractivity contribution in [2.45, 2.75) is 6.42 Å². The summed E-state index contributed by atoms with van der Waals surface area (Å²) in [5.74, 6) is -0.839. The molecule has 5 rings (SSSR count). The minimum Gasteiger partial charge on any atom is -0.422 e. The third kappa shape index (κ3) is 4.66. The maximum Gasteiger partial charge on any atom is 0.349 e. The van der Waals surface area contributed by atoms with Gasteiger partial charge in [-0.3, -0.25) is 14.6 Å². The first kappa shape index (κ1) is 21.7. The van der Waals surface area contributed by atoms with Gasteiger partial charge in [0.1, 0.15) is 17.0 Å². The Bertz CT molecular complexity index is 1360. The third-order valence-corrected chi connectivity index (χ3v) is 6.69. The van der Waals surface area contributed by atoms with Crippen LogP contribution in [0.1, 0.15) is 16.8 Å². The highest BCUT2D eigenvalue weighted by Gasteiger charge is 2.25. The predicted molar refractivity (Wildman–Crippen MR) is 126 cm³/mol. The molecule has 7 nitrogen and oxygen atoms in total. The molecule has 1 saturated heterocycles. The molecule has 1 aliphatic rings. The molecular formula is C24H22FN3O4S. The van der Waals surface area contributed by atoms with Crippen LogP contribution in [0.15, 0.2) is 57.7 Å². The third-order valence-electron chi connectivity index (χ3n) is 5.65. The van der Waals surface area contributed by atoms with Crippen molar-refractivity contribution in [3.63, 3.8) is 0 Å². The van der Waals surface area contributed by atoms with Crippen LogP contribution in [-0.2, 0) is 4.74 Å². The molecule has 9 heteroatoms. The first-order valence-electron chi connectivity index (χ1n) is 10.8. The summed E-state index contributed by atoms with van der Waals surface area (Å²) >= 11 is 1.23. The van der Waals surface area contributed by atoms with E-state index in [9.17, 15) is 14.0 Å². The van der Waals surface area contributed by atoms with Gasteiger partial charge in [0.2, 0.25) is 0 Å². The Labute approximate surface area is 193 Å². The number of halogens is 1. The second-order valence-electron chi connectivity index (χ2n) is 7.86. The molecule has 2 aromatic heterocycles. The number of para-hydroxylation sites is 1. The zero-order valence-corrected chi connectivity index (χ0v) is 18.6. The summed E-state index contributed by atoms with van der Waals surface area (Å²) in [6, 6.07) is 13.0. The summed E-state index contributed by atoms with van der Waals surface area (Å²) < 4.78 is 25.1. The largest absolute Gasteiger partial charge is 0.422 e. The summed E-state index contributed by atoms with van der Waals surface area (Å²) in [5, 5.41) is 1.09. The van der Waals surface area contributed by atoms with Crippen LogP contribution in [0.3, 0.4) is 0 Å². The number of carbonyl (C=O) groups is 1. The Hall–Kier alpha value is -3.14. The molecule has 0 atom stereocenters. The van der Waals surface area contributed by atoms with Crippen LogP contribution in [-0.4, -0.2) is 55.2 Å². The van der Waals surface area contributed by atoms with E-state index >= 15 is 0 Å². The molecule has 0 spiro atoms. The number of carbonyl (C=O) groups excluding carboxylic acids is 1. The second kappa shape index (κ2) is 9.38. The van der Waals surface area contributed by atoms with Crippen LogP contribution in [0.25, 0.3) is 21.2 Å². The van der Waals surface area contributed by atoms with E-state index in [2.05, 4.69) is 9.88 Å². The number of amides is 1. The van der Waals surface area contributed by atoms with Crippen molar-refractivity contribution in [1.82, 2.24) is 9.88 Å². The number of aromatic nitrogens is 1. The second-order valence-corrected chi connectivity index (χ2v) is 8.87. The van der Waals surface area contributed by atoms with Gasteiger partial charge in [0.15, 0.2) is 5.13 Å². The fourth-order valence-corrected chi connectivity index (χ4v) is 4.93. The minimum absolute atomic E-state index is 0.0505. The van der Waals surface area contributed by atoms with Crippen molar-refractivity contribution in [3.8, 4) is 0 Å². The highest BCUT2D eigenvalue weighted by atomic mass is 32.1. The maximum absolute atomic E-state index is 13.7.